The van der Waals surface area contributed by atoms with Crippen LogP contribution in [0.4, 0.5) is 5.69 Å². The van der Waals surface area contributed by atoms with Crippen LogP contribution >= 0.6 is 0 Å². The first-order valence-electron chi connectivity index (χ1n) is 7.20. The van der Waals surface area contributed by atoms with Gasteiger partial charge in [0.05, 0.1) is 5.56 Å². The molecular formula is C16H21N3O. The zero-order valence-electron chi connectivity index (χ0n) is 12.0. The lowest BCUT2D eigenvalue weighted by molar-refractivity contribution is 0.0625. The Morgan fingerprint density at radius 1 is 1.30 bits per heavy atom. The van der Waals surface area contributed by atoms with Crippen LogP contribution < -0.4 is 5.73 Å². The summed E-state index contributed by atoms with van der Waals surface area (Å²) in [6.07, 6.45) is 3.00. The maximum atomic E-state index is 12.7. The lowest BCUT2D eigenvalue weighted by Gasteiger charge is -2.34. The van der Waals surface area contributed by atoms with E-state index < -0.39 is 0 Å². The highest BCUT2D eigenvalue weighted by Gasteiger charge is 2.27. The van der Waals surface area contributed by atoms with Crippen molar-refractivity contribution in [2.24, 2.45) is 11.8 Å². The van der Waals surface area contributed by atoms with Gasteiger partial charge in [-0.25, -0.2) is 0 Å². The molecule has 1 aromatic carbocycles. The Hall–Kier alpha value is -1.97. The van der Waals surface area contributed by atoms with Crippen LogP contribution in [0.25, 0.3) is 10.9 Å². The third-order valence-corrected chi connectivity index (χ3v) is 4.09. The summed E-state index contributed by atoms with van der Waals surface area (Å²) >= 11 is 0. The normalized spacial score (nSPS) is 23.2. The van der Waals surface area contributed by atoms with Gasteiger partial charge in [-0.2, -0.15) is 0 Å². The van der Waals surface area contributed by atoms with Gasteiger partial charge in [-0.3, -0.25) is 4.79 Å². The van der Waals surface area contributed by atoms with Gasteiger partial charge in [-0.1, -0.05) is 13.8 Å². The molecule has 4 heteroatoms. The second kappa shape index (κ2) is 4.85. The van der Waals surface area contributed by atoms with E-state index in [1.807, 2.05) is 23.1 Å². The van der Waals surface area contributed by atoms with Crippen LogP contribution in [0.5, 0.6) is 0 Å². The first kappa shape index (κ1) is 13.0. The minimum absolute atomic E-state index is 0.111. The number of amides is 1. The summed E-state index contributed by atoms with van der Waals surface area (Å²) in [5.74, 6) is 1.25. The number of carbonyl (C=O) groups is 1. The van der Waals surface area contributed by atoms with Crippen LogP contribution in [0.1, 0.15) is 30.6 Å². The highest BCUT2D eigenvalue weighted by molar-refractivity contribution is 6.07. The lowest BCUT2D eigenvalue weighted by atomic mass is 9.91. The monoisotopic (exact) mass is 271 g/mol. The average molecular weight is 271 g/mol. The quantitative estimate of drug-likeness (QED) is 0.783. The van der Waals surface area contributed by atoms with E-state index in [1.165, 1.54) is 6.42 Å². The van der Waals surface area contributed by atoms with Gasteiger partial charge in [0.2, 0.25) is 0 Å². The van der Waals surface area contributed by atoms with Crippen molar-refractivity contribution in [1.29, 1.82) is 0 Å². The summed E-state index contributed by atoms with van der Waals surface area (Å²) in [6.45, 7) is 6.11. The fourth-order valence-electron chi connectivity index (χ4n) is 3.31. The number of fused-ring (bicyclic) bond motifs is 1. The molecule has 0 bridgehead atoms. The number of anilines is 1. The number of rotatable bonds is 1. The molecule has 2 aromatic rings. The van der Waals surface area contributed by atoms with Gasteiger partial charge in [0.25, 0.3) is 5.91 Å². The third kappa shape index (κ3) is 2.26. The van der Waals surface area contributed by atoms with Crippen molar-refractivity contribution in [3.05, 3.63) is 30.0 Å². The zero-order valence-corrected chi connectivity index (χ0v) is 12.0. The van der Waals surface area contributed by atoms with Crippen molar-refractivity contribution in [3.63, 3.8) is 0 Å². The molecule has 1 aliphatic heterocycles. The van der Waals surface area contributed by atoms with Crippen molar-refractivity contribution >= 4 is 22.5 Å². The molecule has 106 valence electrons. The molecule has 0 aliphatic carbocycles. The molecule has 1 amide bonds. The molecule has 1 aliphatic rings. The molecule has 0 spiro atoms. The summed E-state index contributed by atoms with van der Waals surface area (Å²) < 4.78 is 0. The Morgan fingerprint density at radius 2 is 2.00 bits per heavy atom. The number of aromatic nitrogens is 1. The Bertz CT molecular complexity index is 636. The molecule has 1 aromatic heterocycles. The second-order valence-electron chi connectivity index (χ2n) is 6.16. The Morgan fingerprint density at radius 3 is 2.70 bits per heavy atom. The molecule has 1 saturated heterocycles. The number of piperidine rings is 1. The zero-order chi connectivity index (χ0) is 14.3. The van der Waals surface area contributed by atoms with E-state index in [9.17, 15) is 4.79 Å². The summed E-state index contributed by atoms with van der Waals surface area (Å²) in [5.41, 5.74) is 8.21. The number of nitrogens with two attached hydrogens (primary N) is 1. The average Bonchev–Trinajstić information content (AvgIpc) is 2.79. The minimum atomic E-state index is 0.111. The number of likely N-dealkylation sites (tertiary alicyclic amines) is 1. The molecule has 0 saturated carbocycles. The van der Waals surface area contributed by atoms with E-state index in [-0.39, 0.29) is 5.91 Å². The summed E-state index contributed by atoms with van der Waals surface area (Å²) in [6, 6.07) is 5.64. The third-order valence-electron chi connectivity index (χ3n) is 4.09. The van der Waals surface area contributed by atoms with E-state index >= 15 is 0 Å². The molecule has 3 N–H and O–H groups in total. The number of benzene rings is 1. The predicted octanol–water partition coefficient (Wildman–Crippen LogP) is 2.87. The molecule has 2 unspecified atom stereocenters. The van der Waals surface area contributed by atoms with Gasteiger partial charge < -0.3 is 15.6 Å². The van der Waals surface area contributed by atoms with Crippen molar-refractivity contribution < 1.29 is 4.79 Å². The Labute approximate surface area is 118 Å². The van der Waals surface area contributed by atoms with E-state index in [0.717, 1.165) is 29.6 Å². The highest BCUT2D eigenvalue weighted by atomic mass is 16.2. The number of aromatic amines is 1. The van der Waals surface area contributed by atoms with Gasteiger partial charge in [0.15, 0.2) is 0 Å². The first-order chi connectivity index (χ1) is 9.54. The lowest BCUT2D eigenvalue weighted by Crippen LogP contribution is -2.42. The van der Waals surface area contributed by atoms with E-state index in [1.54, 1.807) is 6.20 Å². The molecule has 1 fully saturated rings. The molecule has 3 rings (SSSR count). The highest BCUT2D eigenvalue weighted by Crippen LogP contribution is 2.26. The molecule has 20 heavy (non-hydrogen) atoms. The molecular weight excluding hydrogens is 250 g/mol. The van der Waals surface area contributed by atoms with Crippen LogP contribution in [-0.2, 0) is 0 Å². The summed E-state index contributed by atoms with van der Waals surface area (Å²) in [7, 11) is 0. The van der Waals surface area contributed by atoms with Gasteiger partial charge in [-0.15, -0.1) is 0 Å². The number of H-pyrrole nitrogens is 1. The largest absolute Gasteiger partial charge is 0.399 e. The predicted molar refractivity (Wildman–Crippen MR) is 81.6 cm³/mol. The molecule has 2 atom stereocenters. The number of hydrogen-bond donors (Lipinski definition) is 2. The van der Waals surface area contributed by atoms with Gasteiger partial charge in [-0.05, 0) is 36.5 Å². The van der Waals surface area contributed by atoms with Crippen molar-refractivity contribution in [2.75, 3.05) is 18.8 Å². The van der Waals surface area contributed by atoms with Gasteiger partial charge in [0.1, 0.15) is 0 Å². The Balaban J connectivity index is 1.94. The number of nitrogens with zero attached hydrogens (tertiary/aromatic N) is 1. The minimum Gasteiger partial charge on any atom is -0.399 e. The van der Waals surface area contributed by atoms with Crippen LogP contribution in [0.2, 0.25) is 0 Å². The molecule has 0 radical (unpaired) electrons. The smallest absolute Gasteiger partial charge is 0.256 e. The standard InChI is InChI=1S/C16H21N3O/c1-10-5-11(2)9-19(8-10)16(20)14-7-18-15-4-3-12(17)6-13(14)15/h3-4,6-7,10-11,18H,5,8-9,17H2,1-2H3. The number of nitrogens with one attached hydrogen (secondary N) is 1. The van der Waals surface area contributed by atoms with Crippen LogP contribution in [0.3, 0.4) is 0 Å². The SMILES string of the molecule is CC1CC(C)CN(C(=O)c2c[nH]c3ccc(N)cc23)C1. The summed E-state index contributed by atoms with van der Waals surface area (Å²) in [5, 5.41) is 0.917. The van der Waals surface area contributed by atoms with Crippen LogP contribution in [0.15, 0.2) is 24.4 Å². The molecule has 2 heterocycles. The summed E-state index contributed by atoms with van der Waals surface area (Å²) in [4.78, 5) is 17.9. The van der Waals surface area contributed by atoms with Gasteiger partial charge >= 0.3 is 0 Å². The van der Waals surface area contributed by atoms with E-state index in [4.69, 9.17) is 5.73 Å². The van der Waals surface area contributed by atoms with E-state index in [2.05, 4.69) is 18.8 Å². The number of nitrogen functional groups attached to an aromatic ring is 1. The van der Waals surface area contributed by atoms with E-state index in [0.29, 0.717) is 17.5 Å². The number of hydrogen-bond acceptors (Lipinski definition) is 2. The first-order valence-corrected chi connectivity index (χ1v) is 7.20. The fourth-order valence-corrected chi connectivity index (χ4v) is 3.31. The fraction of sp³-hybridized carbons (Fsp3) is 0.438. The van der Waals surface area contributed by atoms with Crippen molar-refractivity contribution in [3.8, 4) is 0 Å². The second-order valence-corrected chi connectivity index (χ2v) is 6.16. The van der Waals surface area contributed by atoms with Crippen molar-refractivity contribution in [2.45, 2.75) is 20.3 Å². The maximum absolute atomic E-state index is 12.7. The Kier molecular flexibility index (Phi) is 3.16. The van der Waals surface area contributed by atoms with Crippen molar-refractivity contribution in [1.82, 2.24) is 9.88 Å². The topological polar surface area (TPSA) is 62.1 Å². The van der Waals surface area contributed by atoms with Crippen LogP contribution in [0, 0.1) is 11.8 Å². The maximum Gasteiger partial charge on any atom is 0.256 e. The number of carbonyl (C=O) groups excluding carboxylic acids is 1. The van der Waals surface area contributed by atoms with Crippen LogP contribution in [-0.4, -0.2) is 28.9 Å². The molecule has 4 nitrogen and oxygen atoms in total. The van der Waals surface area contributed by atoms with Gasteiger partial charge in [0, 0.05) is 35.9 Å².